The van der Waals surface area contributed by atoms with E-state index in [0.717, 1.165) is 30.0 Å². The molecule has 0 saturated carbocycles. The maximum atomic E-state index is 13.5. The van der Waals surface area contributed by atoms with Crippen molar-refractivity contribution in [2.24, 2.45) is 0 Å². The molecule has 2 aromatic rings. The predicted molar refractivity (Wildman–Crippen MR) is 138 cm³/mol. The Kier molecular flexibility index (Phi) is 9.12. The second kappa shape index (κ2) is 12.3. The van der Waals surface area contributed by atoms with Crippen molar-refractivity contribution >= 4 is 34.8 Å². The number of rotatable bonds is 8. The molecular formula is C27H34Cl2N2O3. The molecule has 5 nitrogen and oxygen atoms in total. The Morgan fingerprint density at radius 1 is 1.00 bits per heavy atom. The number of nitrogens with zero attached hydrogens (tertiary/aromatic N) is 1. The lowest BCUT2D eigenvalue weighted by Crippen LogP contribution is -2.45. The van der Waals surface area contributed by atoms with Crippen LogP contribution in [0.4, 0.5) is 5.69 Å². The number of hydrogen-bond donors (Lipinski definition) is 1. The van der Waals surface area contributed by atoms with Crippen LogP contribution in [0.25, 0.3) is 0 Å². The lowest BCUT2D eigenvalue weighted by molar-refractivity contribution is -0.125. The zero-order valence-electron chi connectivity index (χ0n) is 19.7. The van der Waals surface area contributed by atoms with Crippen molar-refractivity contribution in [1.82, 2.24) is 4.90 Å². The quantitative estimate of drug-likeness (QED) is 0.427. The molecule has 0 spiro atoms. The van der Waals surface area contributed by atoms with Crippen LogP contribution in [0.15, 0.2) is 42.5 Å². The molecule has 0 radical (unpaired) electrons. The smallest absolute Gasteiger partial charge is 0.235 e. The summed E-state index contributed by atoms with van der Waals surface area (Å²) in [7, 11) is 0. The molecule has 184 valence electrons. The number of carbonyl (C=O) groups is 1. The molecule has 2 saturated heterocycles. The zero-order valence-corrected chi connectivity index (χ0v) is 21.2. The van der Waals surface area contributed by atoms with Gasteiger partial charge < -0.3 is 19.7 Å². The van der Waals surface area contributed by atoms with Gasteiger partial charge in [0.1, 0.15) is 5.75 Å². The van der Waals surface area contributed by atoms with Gasteiger partial charge in [0.25, 0.3) is 0 Å². The van der Waals surface area contributed by atoms with Gasteiger partial charge in [0.15, 0.2) is 0 Å². The summed E-state index contributed by atoms with van der Waals surface area (Å²) in [6.07, 6.45) is 7.50. The summed E-state index contributed by atoms with van der Waals surface area (Å²) in [5.74, 6) is 0.738. The molecule has 1 N–H and O–H groups in total. The minimum atomic E-state index is -0.748. The highest BCUT2D eigenvalue weighted by Gasteiger charge is 2.43. The van der Waals surface area contributed by atoms with Crippen molar-refractivity contribution in [3.63, 3.8) is 0 Å². The molecular weight excluding hydrogens is 471 g/mol. The van der Waals surface area contributed by atoms with E-state index in [4.69, 9.17) is 32.7 Å². The standard InChI is InChI=1S/C27H34Cl2N2O3/c28-21-6-11-24(25(29)20-21)27(12-18-33-19-13-27)26(32)30-22-7-9-23(10-8-22)34-17-5-16-31-14-3-1-2-4-15-31/h6-11,20H,1-5,12-19H2,(H,30,32). The molecule has 2 aromatic carbocycles. The Balaban J connectivity index is 1.33. The normalized spacial score (nSPS) is 18.8. The molecule has 0 unspecified atom stereocenters. The molecule has 2 heterocycles. The number of anilines is 1. The number of halogens is 2. The van der Waals surface area contributed by atoms with Gasteiger partial charge in [-0.25, -0.2) is 0 Å². The van der Waals surface area contributed by atoms with Crippen LogP contribution in [0.2, 0.25) is 10.0 Å². The first-order chi connectivity index (χ1) is 16.6. The molecule has 0 aliphatic carbocycles. The van der Waals surface area contributed by atoms with Crippen LogP contribution >= 0.6 is 23.2 Å². The fourth-order valence-corrected chi connectivity index (χ4v) is 5.53. The van der Waals surface area contributed by atoms with Crippen molar-refractivity contribution < 1.29 is 14.3 Å². The summed E-state index contributed by atoms with van der Waals surface area (Å²) < 4.78 is 11.5. The van der Waals surface area contributed by atoms with Gasteiger partial charge in [-0.2, -0.15) is 0 Å². The second-order valence-corrected chi connectivity index (χ2v) is 10.1. The molecule has 1 amide bonds. The molecule has 4 rings (SSSR count). The van der Waals surface area contributed by atoms with Gasteiger partial charge in [-0.3, -0.25) is 4.79 Å². The van der Waals surface area contributed by atoms with Gasteiger partial charge in [-0.05, 0) is 87.2 Å². The first-order valence-corrected chi connectivity index (χ1v) is 13.1. The summed E-state index contributed by atoms with van der Waals surface area (Å²) >= 11 is 12.6. The molecule has 0 atom stereocenters. The first kappa shape index (κ1) is 25.3. The maximum Gasteiger partial charge on any atom is 0.235 e. The Labute approximate surface area is 212 Å². The average molecular weight is 505 g/mol. The van der Waals surface area contributed by atoms with Crippen molar-refractivity contribution in [3.05, 3.63) is 58.1 Å². The summed E-state index contributed by atoms with van der Waals surface area (Å²) in [6, 6.07) is 12.9. The number of hydrogen-bond acceptors (Lipinski definition) is 4. The highest BCUT2D eigenvalue weighted by atomic mass is 35.5. The van der Waals surface area contributed by atoms with Crippen LogP contribution in [0, 0.1) is 0 Å². The fraction of sp³-hybridized carbons (Fsp3) is 0.519. The number of nitrogens with one attached hydrogen (secondary N) is 1. The Morgan fingerprint density at radius 3 is 2.38 bits per heavy atom. The summed E-state index contributed by atoms with van der Waals surface area (Å²) in [5, 5.41) is 4.15. The number of likely N-dealkylation sites (tertiary alicyclic amines) is 1. The van der Waals surface area contributed by atoms with Crippen LogP contribution in [0.3, 0.4) is 0 Å². The van der Waals surface area contributed by atoms with Gasteiger partial charge in [0, 0.05) is 35.5 Å². The summed E-state index contributed by atoms with van der Waals surface area (Å²) in [6.45, 7) is 5.23. The van der Waals surface area contributed by atoms with Crippen LogP contribution < -0.4 is 10.1 Å². The topological polar surface area (TPSA) is 50.8 Å². The first-order valence-electron chi connectivity index (χ1n) is 12.4. The van der Waals surface area contributed by atoms with E-state index in [0.29, 0.717) is 42.7 Å². The van der Waals surface area contributed by atoms with E-state index >= 15 is 0 Å². The second-order valence-electron chi connectivity index (χ2n) is 9.26. The Hall–Kier alpha value is -1.79. The monoisotopic (exact) mass is 504 g/mol. The summed E-state index contributed by atoms with van der Waals surface area (Å²) in [5.41, 5.74) is 0.782. The zero-order chi connectivity index (χ0) is 23.8. The van der Waals surface area contributed by atoms with Crippen LogP contribution in [-0.2, 0) is 14.9 Å². The van der Waals surface area contributed by atoms with Crippen LogP contribution in [0.1, 0.15) is 50.5 Å². The molecule has 2 aliphatic heterocycles. The third kappa shape index (κ3) is 6.45. The third-order valence-corrected chi connectivity index (χ3v) is 7.47. The number of ether oxygens (including phenoxy) is 2. The van der Waals surface area contributed by atoms with Crippen molar-refractivity contribution in [2.45, 2.75) is 50.4 Å². The van der Waals surface area contributed by atoms with E-state index in [1.807, 2.05) is 30.3 Å². The fourth-order valence-electron chi connectivity index (χ4n) is 4.94. The van der Waals surface area contributed by atoms with E-state index in [-0.39, 0.29) is 5.91 Å². The van der Waals surface area contributed by atoms with Crippen LogP contribution in [0.5, 0.6) is 5.75 Å². The van der Waals surface area contributed by atoms with Gasteiger partial charge in [0.2, 0.25) is 5.91 Å². The van der Waals surface area contributed by atoms with Crippen molar-refractivity contribution in [3.8, 4) is 5.75 Å². The Bertz CT molecular complexity index is 937. The predicted octanol–water partition coefficient (Wildman–Crippen LogP) is 6.33. The van der Waals surface area contributed by atoms with E-state index in [1.54, 1.807) is 12.1 Å². The minimum absolute atomic E-state index is 0.0776. The van der Waals surface area contributed by atoms with E-state index in [1.165, 1.54) is 38.8 Å². The maximum absolute atomic E-state index is 13.5. The molecule has 2 aliphatic rings. The molecule has 7 heteroatoms. The lowest BCUT2D eigenvalue weighted by Gasteiger charge is -2.36. The molecule has 2 fully saturated rings. The van der Waals surface area contributed by atoms with E-state index in [2.05, 4.69) is 10.2 Å². The number of carbonyl (C=O) groups excluding carboxylic acids is 1. The van der Waals surface area contributed by atoms with Crippen molar-refractivity contribution in [2.75, 3.05) is 44.8 Å². The highest BCUT2D eigenvalue weighted by molar-refractivity contribution is 6.35. The average Bonchev–Trinajstić information content (AvgIpc) is 3.12. The largest absolute Gasteiger partial charge is 0.494 e. The van der Waals surface area contributed by atoms with Crippen molar-refractivity contribution in [1.29, 1.82) is 0 Å². The Morgan fingerprint density at radius 2 is 1.71 bits per heavy atom. The third-order valence-electron chi connectivity index (χ3n) is 6.93. The van der Waals surface area contributed by atoms with E-state index in [9.17, 15) is 4.79 Å². The lowest BCUT2D eigenvalue weighted by atomic mass is 9.73. The van der Waals surface area contributed by atoms with Crippen LogP contribution in [-0.4, -0.2) is 50.3 Å². The van der Waals surface area contributed by atoms with Gasteiger partial charge in [0.05, 0.1) is 12.0 Å². The molecule has 0 bridgehead atoms. The SMILES string of the molecule is O=C(Nc1ccc(OCCCN2CCCCCC2)cc1)C1(c2ccc(Cl)cc2Cl)CCOCC1. The number of benzene rings is 2. The molecule has 34 heavy (non-hydrogen) atoms. The van der Waals surface area contributed by atoms with Gasteiger partial charge >= 0.3 is 0 Å². The highest BCUT2D eigenvalue weighted by Crippen LogP contribution is 2.40. The summed E-state index contributed by atoms with van der Waals surface area (Å²) in [4.78, 5) is 16.1. The van der Waals surface area contributed by atoms with E-state index < -0.39 is 5.41 Å². The number of amides is 1. The van der Waals surface area contributed by atoms with Gasteiger partial charge in [-0.1, -0.05) is 42.1 Å². The minimum Gasteiger partial charge on any atom is -0.494 e. The molecule has 0 aromatic heterocycles. The van der Waals surface area contributed by atoms with Gasteiger partial charge in [-0.15, -0.1) is 0 Å².